The van der Waals surface area contributed by atoms with E-state index in [1.165, 1.54) is 17.6 Å². The summed E-state index contributed by atoms with van der Waals surface area (Å²) in [5, 5.41) is 2.63. The van der Waals surface area contributed by atoms with Crippen LogP contribution in [-0.2, 0) is 0 Å². The first-order valence-electron chi connectivity index (χ1n) is 10.1. The van der Waals surface area contributed by atoms with Gasteiger partial charge >= 0.3 is 190 Å². The first-order valence-corrected chi connectivity index (χ1v) is 12.5. The van der Waals surface area contributed by atoms with Crippen LogP contribution in [0.1, 0.15) is 0 Å². The van der Waals surface area contributed by atoms with Gasteiger partial charge in [-0.1, -0.05) is 0 Å². The fourth-order valence-electron chi connectivity index (χ4n) is 3.89. The molecular weight excluding hydrogens is 494 g/mol. The van der Waals surface area contributed by atoms with Gasteiger partial charge in [0.05, 0.1) is 0 Å². The van der Waals surface area contributed by atoms with Gasteiger partial charge in [-0.2, -0.15) is 0 Å². The van der Waals surface area contributed by atoms with E-state index in [1.54, 1.807) is 0 Å². The van der Waals surface area contributed by atoms with Gasteiger partial charge in [-0.3, -0.25) is 0 Å². The summed E-state index contributed by atoms with van der Waals surface area (Å²) < 4.78 is 2.93. The van der Waals surface area contributed by atoms with Crippen molar-refractivity contribution in [2.75, 3.05) is 0 Å². The van der Waals surface area contributed by atoms with Gasteiger partial charge in [-0.05, 0) is 0 Å². The molecule has 4 heteroatoms. The minimum atomic E-state index is -0.387. The fraction of sp³-hybridized carbons (Fsp3) is 0. The molecule has 31 heavy (non-hydrogen) atoms. The third-order valence-electron chi connectivity index (χ3n) is 5.34. The molecule has 0 saturated carbocycles. The van der Waals surface area contributed by atoms with E-state index in [1.807, 2.05) is 60.7 Å². The van der Waals surface area contributed by atoms with Crippen LogP contribution in [0.3, 0.4) is 0 Å². The van der Waals surface area contributed by atoms with Crippen molar-refractivity contribution in [2.45, 2.75) is 0 Å². The molecule has 0 aliphatic rings. The van der Waals surface area contributed by atoms with Crippen molar-refractivity contribution in [3.05, 3.63) is 103 Å². The Kier molecular flexibility index (Phi) is 4.61. The quantitative estimate of drug-likeness (QED) is 0.265. The van der Waals surface area contributed by atoms with Crippen LogP contribution in [0.25, 0.3) is 51.7 Å². The monoisotopic (exact) mass is 513 g/mol. The summed E-state index contributed by atoms with van der Waals surface area (Å²) in [6, 6.07) is 35.6. The van der Waals surface area contributed by atoms with Gasteiger partial charge in [0, 0.05) is 0 Å². The Balaban J connectivity index is 1.66. The fourth-order valence-corrected chi connectivity index (χ4v) is 7.12. The van der Waals surface area contributed by atoms with Crippen molar-refractivity contribution in [3.63, 3.8) is 0 Å². The van der Waals surface area contributed by atoms with E-state index in [4.69, 9.17) is 15.0 Å². The molecule has 3 nitrogen and oxygen atoms in total. The van der Waals surface area contributed by atoms with Crippen LogP contribution in [-0.4, -0.2) is 35.4 Å². The SMILES string of the molecule is c1ccc(-c2nc(-c3ccccc3)nc(-c3cccc4[te]c5ccccc5c34)n2)cc1. The molecule has 146 valence electrons. The van der Waals surface area contributed by atoms with Gasteiger partial charge in [-0.25, -0.2) is 0 Å². The Hall–Kier alpha value is -3.32. The van der Waals surface area contributed by atoms with E-state index < -0.39 is 0 Å². The summed E-state index contributed by atoms with van der Waals surface area (Å²) in [6.45, 7) is 0. The predicted molar refractivity (Wildman–Crippen MR) is 128 cm³/mol. The molecule has 0 radical (unpaired) electrons. The molecular formula is C27H17N3Te. The van der Waals surface area contributed by atoms with E-state index in [9.17, 15) is 0 Å². The van der Waals surface area contributed by atoms with Crippen molar-refractivity contribution >= 4 is 38.0 Å². The minimum absolute atomic E-state index is 0.387. The van der Waals surface area contributed by atoms with E-state index >= 15 is 0 Å². The van der Waals surface area contributed by atoms with Crippen molar-refractivity contribution in [2.24, 2.45) is 0 Å². The van der Waals surface area contributed by atoms with Crippen LogP contribution in [0.15, 0.2) is 103 Å². The Bertz CT molecular complexity index is 1460. The van der Waals surface area contributed by atoms with Crippen LogP contribution in [0.5, 0.6) is 0 Å². The van der Waals surface area contributed by atoms with Crippen molar-refractivity contribution in [1.29, 1.82) is 0 Å². The van der Waals surface area contributed by atoms with Gasteiger partial charge in [0.25, 0.3) is 0 Å². The summed E-state index contributed by atoms with van der Waals surface area (Å²) in [4.78, 5) is 14.7. The molecule has 0 unspecified atom stereocenters. The van der Waals surface area contributed by atoms with Crippen LogP contribution in [0.4, 0.5) is 0 Å². The zero-order chi connectivity index (χ0) is 20.6. The number of aromatic nitrogens is 3. The standard InChI is InChI=1S/C27H17N3Te/c1-3-10-18(11-4-1)25-28-26(19-12-5-2-6-13-19)30-27(29-25)21-15-9-17-23-24(21)20-14-7-8-16-22(20)31-23/h1-17H. The van der Waals surface area contributed by atoms with Crippen molar-refractivity contribution < 1.29 is 0 Å². The first kappa shape index (κ1) is 18.4. The zero-order valence-corrected chi connectivity index (χ0v) is 18.9. The summed E-state index contributed by atoms with van der Waals surface area (Å²) in [6.07, 6.45) is 0. The maximum absolute atomic E-state index is 4.94. The molecule has 0 amide bonds. The molecule has 0 N–H and O–H groups in total. The van der Waals surface area contributed by atoms with E-state index in [0.717, 1.165) is 22.5 Å². The second-order valence-electron chi connectivity index (χ2n) is 7.32. The zero-order valence-electron chi connectivity index (χ0n) is 16.6. The van der Waals surface area contributed by atoms with Gasteiger partial charge in [0.1, 0.15) is 0 Å². The van der Waals surface area contributed by atoms with Crippen molar-refractivity contribution in [3.8, 4) is 34.2 Å². The van der Waals surface area contributed by atoms with Gasteiger partial charge in [0.15, 0.2) is 0 Å². The average Bonchev–Trinajstić information content (AvgIpc) is 3.24. The third-order valence-corrected chi connectivity index (χ3v) is 8.59. The van der Waals surface area contributed by atoms with Crippen LogP contribution < -0.4 is 0 Å². The molecule has 6 rings (SSSR count). The maximum atomic E-state index is 4.94. The molecule has 0 saturated heterocycles. The number of hydrogen-bond donors (Lipinski definition) is 0. The Morgan fingerprint density at radius 1 is 0.452 bits per heavy atom. The number of nitrogens with zero attached hydrogens (tertiary/aromatic N) is 3. The van der Waals surface area contributed by atoms with Crippen LogP contribution >= 0.6 is 0 Å². The summed E-state index contributed by atoms with van der Waals surface area (Å²) in [5.41, 5.74) is 3.07. The Morgan fingerprint density at radius 2 is 1.00 bits per heavy atom. The second-order valence-corrected chi connectivity index (χ2v) is 10.4. The number of fused-ring (bicyclic) bond motifs is 3. The van der Waals surface area contributed by atoms with Crippen molar-refractivity contribution in [1.82, 2.24) is 15.0 Å². The molecule has 0 fully saturated rings. The molecule has 0 aliphatic carbocycles. The Labute approximate surface area is 189 Å². The van der Waals surface area contributed by atoms with Gasteiger partial charge in [-0.15, -0.1) is 0 Å². The molecule has 2 heterocycles. The Morgan fingerprint density at radius 3 is 1.68 bits per heavy atom. The summed E-state index contributed by atoms with van der Waals surface area (Å²) in [7, 11) is 0. The summed E-state index contributed by atoms with van der Waals surface area (Å²) in [5.74, 6) is 2.13. The second kappa shape index (κ2) is 7.74. The predicted octanol–water partition coefficient (Wildman–Crippen LogP) is 6.24. The topological polar surface area (TPSA) is 38.7 Å². The number of hydrogen-bond acceptors (Lipinski definition) is 3. The normalized spacial score (nSPS) is 11.2. The third kappa shape index (κ3) is 3.35. The molecule has 6 aromatic rings. The molecule has 0 atom stereocenters. The first-order chi connectivity index (χ1) is 15.4. The number of rotatable bonds is 3. The summed E-state index contributed by atoms with van der Waals surface area (Å²) >= 11 is -0.387. The van der Waals surface area contributed by atoms with Crippen LogP contribution in [0.2, 0.25) is 0 Å². The molecule has 0 bridgehead atoms. The van der Waals surface area contributed by atoms with E-state index in [0.29, 0.717) is 11.6 Å². The molecule has 2 aromatic heterocycles. The average molecular weight is 511 g/mol. The number of benzene rings is 4. The van der Waals surface area contributed by atoms with Crippen LogP contribution in [0, 0.1) is 0 Å². The molecule has 0 aliphatic heterocycles. The molecule has 0 spiro atoms. The van der Waals surface area contributed by atoms with E-state index in [-0.39, 0.29) is 20.4 Å². The van der Waals surface area contributed by atoms with E-state index in [2.05, 4.69) is 42.5 Å². The van der Waals surface area contributed by atoms with Gasteiger partial charge in [0.2, 0.25) is 0 Å². The van der Waals surface area contributed by atoms with Gasteiger partial charge < -0.3 is 0 Å². The molecule has 4 aromatic carbocycles.